The summed E-state index contributed by atoms with van der Waals surface area (Å²) in [5, 5.41) is 3.52. The summed E-state index contributed by atoms with van der Waals surface area (Å²) >= 11 is 0. The lowest BCUT2D eigenvalue weighted by Gasteiger charge is -2.34. The zero-order valence-electron chi connectivity index (χ0n) is 13.9. The second-order valence-corrected chi connectivity index (χ2v) is 6.61. The molecule has 0 amide bonds. The Morgan fingerprint density at radius 3 is 2.88 bits per heavy atom. The van der Waals surface area contributed by atoms with Gasteiger partial charge in [0.2, 0.25) is 0 Å². The molecule has 24 heavy (non-hydrogen) atoms. The van der Waals surface area contributed by atoms with E-state index in [1.165, 1.54) is 17.6 Å². The van der Waals surface area contributed by atoms with E-state index in [-0.39, 0.29) is 0 Å². The van der Waals surface area contributed by atoms with Crippen LogP contribution in [-0.2, 0) is 0 Å². The van der Waals surface area contributed by atoms with Crippen LogP contribution in [0.25, 0.3) is 5.57 Å². The molecular weight excluding hydrogens is 300 g/mol. The van der Waals surface area contributed by atoms with Gasteiger partial charge in [0.1, 0.15) is 17.2 Å². The van der Waals surface area contributed by atoms with Gasteiger partial charge in [0, 0.05) is 18.8 Å². The van der Waals surface area contributed by atoms with Crippen LogP contribution in [0.1, 0.15) is 18.4 Å². The van der Waals surface area contributed by atoms with E-state index in [0.717, 1.165) is 42.7 Å². The number of fused-ring (bicyclic) bond motifs is 2. The number of nitrogens with zero attached hydrogens (tertiary/aromatic N) is 1. The van der Waals surface area contributed by atoms with Gasteiger partial charge in [-0.05, 0) is 60.6 Å². The summed E-state index contributed by atoms with van der Waals surface area (Å²) in [5.74, 6) is 3.69. The summed E-state index contributed by atoms with van der Waals surface area (Å²) in [6, 6.07) is 9.71. The van der Waals surface area contributed by atoms with Crippen LogP contribution >= 0.6 is 0 Å². The number of ether oxygens (including phenoxy) is 2. The molecule has 2 unspecified atom stereocenters. The molecule has 2 atom stereocenters. The Hall–Kier alpha value is -2.33. The third-order valence-corrected chi connectivity index (χ3v) is 4.78. The summed E-state index contributed by atoms with van der Waals surface area (Å²) in [7, 11) is 1.66. The van der Waals surface area contributed by atoms with Crippen molar-refractivity contribution in [2.75, 3.05) is 20.2 Å². The average Bonchev–Trinajstić information content (AvgIpc) is 2.62. The molecule has 0 spiro atoms. The van der Waals surface area contributed by atoms with Crippen LogP contribution < -0.4 is 14.8 Å². The molecule has 2 aromatic rings. The number of aromatic nitrogens is 1. The van der Waals surface area contributed by atoms with Crippen molar-refractivity contribution in [2.24, 2.45) is 11.8 Å². The summed E-state index contributed by atoms with van der Waals surface area (Å²) in [6.07, 6.45) is 8.54. The van der Waals surface area contributed by atoms with Gasteiger partial charge in [-0.1, -0.05) is 12.1 Å². The first-order chi connectivity index (χ1) is 11.8. The van der Waals surface area contributed by atoms with Crippen molar-refractivity contribution in [3.63, 3.8) is 0 Å². The Morgan fingerprint density at radius 2 is 2.00 bits per heavy atom. The standard InChI is InChI=1S/C20H22N2O2/c1-23-18-3-2-4-19(9-18)24-20-8-17(12-22-13-20)16-6-14-5-15(7-16)11-21-10-14/h2-4,6,8-9,12-15,21H,5,7,10-11H2,1H3. The van der Waals surface area contributed by atoms with Crippen LogP contribution in [0.2, 0.25) is 0 Å². The van der Waals surface area contributed by atoms with Crippen molar-refractivity contribution in [1.29, 1.82) is 0 Å². The summed E-state index contributed by atoms with van der Waals surface area (Å²) in [6.45, 7) is 2.22. The molecule has 1 N–H and O–H groups in total. The van der Waals surface area contributed by atoms with E-state index in [1.54, 1.807) is 13.3 Å². The smallest absolute Gasteiger partial charge is 0.146 e. The Bertz CT molecular complexity index is 757. The molecule has 1 fully saturated rings. The van der Waals surface area contributed by atoms with Gasteiger partial charge in [0.05, 0.1) is 13.3 Å². The number of hydrogen-bond donors (Lipinski definition) is 1. The van der Waals surface area contributed by atoms with Gasteiger partial charge in [-0.25, -0.2) is 0 Å². The fourth-order valence-corrected chi connectivity index (χ4v) is 3.68. The molecule has 124 valence electrons. The molecule has 4 nitrogen and oxygen atoms in total. The molecule has 1 aliphatic heterocycles. The van der Waals surface area contributed by atoms with Gasteiger partial charge in [-0.3, -0.25) is 4.98 Å². The molecule has 1 saturated heterocycles. The van der Waals surface area contributed by atoms with Crippen molar-refractivity contribution >= 4 is 5.57 Å². The normalized spacial score (nSPS) is 22.6. The van der Waals surface area contributed by atoms with E-state index in [4.69, 9.17) is 9.47 Å². The number of methoxy groups -OCH3 is 1. The van der Waals surface area contributed by atoms with Crippen molar-refractivity contribution in [2.45, 2.75) is 12.8 Å². The lowest BCUT2D eigenvalue weighted by Crippen LogP contribution is -2.37. The highest BCUT2D eigenvalue weighted by Gasteiger charge is 2.26. The van der Waals surface area contributed by atoms with E-state index in [1.807, 2.05) is 30.5 Å². The highest BCUT2D eigenvalue weighted by molar-refractivity contribution is 5.67. The van der Waals surface area contributed by atoms with Crippen LogP contribution in [0, 0.1) is 11.8 Å². The summed E-state index contributed by atoms with van der Waals surface area (Å²) in [5.41, 5.74) is 2.58. The van der Waals surface area contributed by atoms with Crippen LogP contribution in [0.4, 0.5) is 0 Å². The Kier molecular flexibility index (Phi) is 4.22. The van der Waals surface area contributed by atoms with E-state index >= 15 is 0 Å². The first-order valence-corrected chi connectivity index (χ1v) is 8.49. The van der Waals surface area contributed by atoms with Crippen LogP contribution in [0.15, 0.2) is 48.8 Å². The van der Waals surface area contributed by atoms with Crippen molar-refractivity contribution in [3.05, 3.63) is 54.4 Å². The summed E-state index contributed by atoms with van der Waals surface area (Å²) in [4.78, 5) is 4.38. The third-order valence-electron chi connectivity index (χ3n) is 4.78. The molecule has 1 aliphatic carbocycles. The Labute approximate surface area is 142 Å². The SMILES string of the molecule is COc1cccc(Oc2cncc(C3=CC4CNCC(C3)C4)c2)c1. The Morgan fingerprint density at radius 1 is 1.08 bits per heavy atom. The average molecular weight is 322 g/mol. The second kappa shape index (κ2) is 6.65. The zero-order valence-corrected chi connectivity index (χ0v) is 13.9. The molecule has 2 heterocycles. The zero-order chi connectivity index (χ0) is 16.4. The molecule has 0 saturated carbocycles. The van der Waals surface area contributed by atoms with Gasteiger partial charge >= 0.3 is 0 Å². The maximum Gasteiger partial charge on any atom is 0.146 e. The molecule has 0 radical (unpaired) electrons. The molecule has 2 bridgehead atoms. The van der Waals surface area contributed by atoms with Crippen molar-refractivity contribution in [3.8, 4) is 17.2 Å². The fourth-order valence-electron chi connectivity index (χ4n) is 3.68. The largest absolute Gasteiger partial charge is 0.497 e. The first kappa shape index (κ1) is 15.2. The number of pyridine rings is 1. The minimum atomic E-state index is 0.649. The Balaban J connectivity index is 1.56. The highest BCUT2D eigenvalue weighted by atomic mass is 16.5. The molecular formula is C20H22N2O2. The molecule has 1 aromatic heterocycles. The second-order valence-electron chi connectivity index (χ2n) is 6.61. The number of nitrogens with one attached hydrogen (secondary N) is 1. The van der Waals surface area contributed by atoms with Gasteiger partial charge < -0.3 is 14.8 Å². The van der Waals surface area contributed by atoms with Gasteiger partial charge in [-0.2, -0.15) is 0 Å². The van der Waals surface area contributed by atoms with Gasteiger partial charge in [0.25, 0.3) is 0 Å². The predicted octanol–water partition coefficient (Wildman–Crippen LogP) is 3.90. The third kappa shape index (κ3) is 3.29. The lowest BCUT2D eigenvalue weighted by molar-refractivity contribution is 0.316. The minimum Gasteiger partial charge on any atom is -0.497 e. The van der Waals surface area contributed by atoms with Gasteiger partial charge in [-0.15, -0.1) is 0 Å². The maximum absolute atomic E-state index is 5.96. The van der Waals surface area contributed by atoms with Crippen LogP contribution in [-0.4, -0.2) is 25.2 Å². The minimum absolute atomic E-state index is 0.649. The summed E-state index contributed by atoms with van der Waals surface area (Å²) < 4.78 is 11.2. The van der Waals surface area contributed by atoms with E-state index in [0.29, 0.717) is 5.92 Å². The lowest BCUT2D eigenvalue weighted by atomic mass is 9.78. The number of allylic oxidation sites excluding steroid dienone is 1. The topological polar surface area (TPSA) is 43.4 Å². The van der Waals surface area contributed by atoms with E-state index in [9.17, 15) is 0 Å². The fraction of sp³-hybridized carbons (Fsp3) is 0.350. The van der Waals surface area contributed by atoms with Crippen LogP contribution in [0.5, 0.6) is 17.2 Å². The number of hydrogen-bond acceptors (Lipinski definition) is 4. The highest BCUT2D eigenvalue weighted by Crippen LogP contribution is 2.36. The monoisotopic (exact) mass is 322 g/mol. The number of rotatable bonds is 4. The molecule has 1 aromatic carbocycles. The van der Waals surface area contributed by atoms with Crippen molar-refractivity contribution < 1.29 is 9.47 Å². The maximum atomic E-state index is 5.96. The number of benzene rings is 1. The van der Waals surface area contributed by atoms with Gasteiger partial charge in [0.15, 0.2) is 0 Å². The molecule has 4 heteroatoms. The van der Waals surface area contributed by atoms with E-state index < -0.39 is 0 Å². The van der Waals surface area contributed by atoms with Crippen LogP contribution in [0.3, 0.4) is 0 Å². The molecule has 4 rings (SSSR count). The first-order valence-electron chi connectivity index (χ1n) is 8.49. The van der Waals surface area contributed by atoms with Crippen molar-refractivity contribution in [1.82, 2.24) is 10.3 Å². The number of piperidine rings is 1. The van der Waals surface area contributed by atoms with E-state index in [2.05, 4.69) is 22.4 Å². The molecule has 2 aliphatic rings. The quantitative estimate of drug-likeness (QED) is 0.927. The predicted molar refractivity (Wildman–Crippen MR) is 94.4 cm³/mol.